The van der Waals surface area contributed by atoms with E-state index in [1.54, 1.807) is 22.3 Å². The van der Waals surface area contributed by atoms with Gasteiger partial charge in [0, 0.05) is 17.5 Å². The van der Waals surface area contributed by atoms with Crippen molar-refractivity contribution >= 4 is 29.3 Å². The lowest BCUT2D eigenvalue weighted by Crippen LogP contribution is -2.42. The van der Waals surface area contributed by atoms with Crippen molar-refractivity contribution < 1.29 is 14.3 Å². The first-order valence-electron chi connectivity index (χ1n) is 7.12. The molecule has 0 bridgehead atoms. The first-order valence-corrected chi connectivity index (χ1v) is 8.00. The van der Waals surface area contributed by atoms with Gasteiger partial charge in [0.1, 0.15) is 11.6 Å². The smallest absolute Gasteiger partial charge is 0.329 e. The van der Waals surface area contributed by atoms with E-state index in [9.17, 15) is 9.59 Å². The highest BCUT2D eigenvalue weighted by atomic mass is 32.1. The van der Waals surface area contributed by atoms with Crippen molar-refractivity contribution in [2.45, 2.75) is 45.3 Å². The Balaban J connectivity index is 2.01. The van der Waals surface area contributed by atoms with Crippen LogP contribution in [0.25, 0.3) is 6.08 Å². The summed E-state index contributed by atoms with van der Waals surface area (Å²) in [6.45, 7) is 6.12. The molecule has 21 heavy (non-hydrogen) atoms. The second-order valence-electron chi connectivity index (χ2n) is 6.07. The van der Waals surface area contributed by atoms with Crippen LogP contribution in [-0.4, -0.2) is 35.0 Å². The van der Waals surface area contributed by atoms with E-state index in [-0.39, 0.29) is 11.9 Å². The summed E-state index contributed by atoms with van der Waals surface area (Å²) in [7, 11) is 0. The third-order valence-corrected chi connectivity index (χ3v) is 3.99. The van der Waals surface area contributed by atoms with Gasteiger partial charge in [0.25, 0.3) is 0 Å². The predicted molar refractivity (Wildman–Crippen MR) is 83.9 cm³/mol. The molecule has 1 atom stereocenters. The lowest BCUT2D eigenvalue weighted by Gasteiger charge is -2.26. The highest BCUT2D eigenvalue weighted by molar-refractivity contribution is 7.10. The molecule has 0 N–H and O–H groups in total. The fraction of sp³-hybridized carbons (Fsp3) is 0.500. The Kier molecular flexibility index (Phi) is 4.83. The number of thiophene rings is 1. The number of ether oxygens (including phenoxy) is 1. The molecule has 5 heteroatoms. The van der Waals surface area contributed by atoms with Crippen molar-refractivity contribution in [2.75, 3.05) is 6.54 Å². The second kappa shape index (κ2) is 6.43. The Morgan fingerprint density at radius 1 is 1.43 bits per heavy atom. The highest BCUT2D eigenvalue weighted by Crippen LogP contribution is 2.22. The number of carbonyl (C=O) groups is 2. The predicted octanol–water partition coefficient (Wildman–Crippen LogP) is 3.09. The molecule has 0 spiro atoms. The van der Waals surface area contributed by atoms with Crippen molar-refractivity contribution in [2.24, 2.45) is 0 Å². The highest BCUT2D eigenvalue weighted by Gasteiger charge is 2.35. The number of hydrogen-bond donors (Lipinski definition) is 0. The van der Waals surface area contributed by atoms with E-state index in [1.807, 2.05) is 38.3 Å². The molecule has 1 aliphatic rings. The fourth-order valence-corrected chi connectivity index (χ4v) is 2.90. The molecule has 0 unspecified atom stereocenters. The summed E-state index contributed by atoms with van der Waals surface area (Å²) in [5.41, 5.74) is -0.527. The van der Waals surface area contributed by atoms with Crippen LogP contribution in [0.2, 0.25) is 0 Å². The van der Waals surface area contributed by atoms with Gasteiger partial charge in [0.05, 0.1) is 0 Å². The van der Waals surface area contributed by atoms with Crippen LogP contribution in [0.4, 0.5) is 0 Å². The molecule has 0 radical (unpaired) electrons. The summed E-state index contributed by atoms with van der Waals surface area (Å²) in [5.74, 6) is -0.436. The minimum atomic E-state index is -0.527. The molecule has 2 heterocycles. The molecule has 1 aromatic rings. The van der Waals surface area contributed by atoms with Crippen LogP contribution in [0.3, 0.4) is 0 Å². The SMILES string of the molecule is CC(C)(C)OC(=O)[C@H]1CCCN1C(=O)/C=C/c1cccs1. The largest absolute Gasteiger partial charge is 0.458 e. The number of amides is 1. The quantitative estimate of drug-likeness (QED) is 0.637. The van der Waals surface area contributed by atoms with Gasteiger partial charge < -0.3 is 9.64 Å². The molecular weight excluding hydrogens is 286 g/mol. The summed E-state index contributed by atoms with van der Waals surface area (Å²) in [6.07, 6.45) is 4.84. The van der Waals surface area contributed by atoms with Crippen molar-refractivity contribution in [3.63, 3.8) is 0 Å². The molecular formula is C16H21NO3S. The molecule has 1 aromatic heterocycles. The maximum Gasteiger partial charge on any atom is 0.329 e. The van der Waals surface area contributed by atoms with Gasteiger partial charge in [0.15, 0.2) is 0 Å². The van der Waals surface area contributed by atoms with Crippen LogP contribution >= 0.6 is 11.3 Å². The van der Waals surface area contributed by atoms with E-state index in [2.05, 4.69) is 0 Å². The van der Waals surface area contributed by atoms with E-state index in [4.69, 9.17) is 4.74 Å². The molecule has 1 amide bonds. The van der Waals surface area contributed by atoms with Gasteiger partial charge in [-0.2, -0.15) is 0 Å². The van der Waals surface area contributed by atoms with Crippen molar-refractivity contribution in [3.8, 4) is 0 Å². The zero-order valence-corrected chi connectivity index (χ0v) is 13.5. The van der Waals surface area contributed by atoms with Crippen LogP contribution in [0, 0.1) is 0 Å². The summed E-state index contributed by atoms with van der Waals surface area (Å²) in [6, 6.07) is 3.43. The average Bonchev–Trinajstić information content (AvgIpc) is 3.05. The Labute approximate surface area is 129 Å². The van der Waals surface area contributed by atoms with E-state index >= 15 is 0 Å². The molecule has 114 valence electrons. The monoisotopic (exact) mass is 307 g/mol. The second-order valence-corrected chi connectivity index (χ2v) is 7.05. The van der Waals surface area contributed by atoms with Crippen LogP contribution in [0.1, 0.15) is 38.5 Å². The lowest BCUT2D eigenvalue weighted by atomic mass is 10.1. The number of hydrogen-bond acceptors (Lipinski definition) is 4. The van der Waals surface area contributed by atoms with E-state index in [1.165, 1.54) is 6.08 Å². The van der Waals surface area contributed by atoms with Crippen LogP contribution < -0.4 is 0 Å². The zero-order valence-electron chi connectivity index (χ0n) is 12.7. The molecule has 2 rings (SSSR count). The maximum absolute atomic E-state index is 12.3. The Morgan fingerprint density at radius 3 is 2.81 bits per heavy atom. The van der Waals surface area contributed by atoms with Crippen molar-refractivity contribution in [1.82, 2.24) is 4.90 Å². The van der Waals surface area contributed by atoms with Crippen LogP contribution in [0.15, 0.2) is 23.6 Å². The Bertz CT molecular complexity index is 528. The molecule has 1 saturated heterocycles. The van der Waals surface area contributed by atoms with E-state index in [0.29, 0.717) is 13.0 Å². The van der Waals surface area contributed by atoms with Gasteiger partial charge in [-0.25, -0.2) is 4.79 Å². The average molecular weight is 307 g/mol. The number of nitrogens with zero attached hydrogens (tertiary/aromatic N) is 1. The van der Waals surface area contributed by atoms with Gasteiger partial charge in [-0.1, -0.05) is 6.07 Å². The summed E-state index contributed by atoms with van der Waals surface area (Å²) in [4.78, 5) is 27.1. The van der Waals surface area contributed by atoms with Gasteiger partial charge in [-0.15, -0.1) is 11.3 Å². The number of rotatable bonds is 3. The first kappa shape index (κ1) is 15.8. The first-order chi connectivity index (χ1) is 9.87. The molecule has 0 aromatic carbocycles. The fourth-order valence-electron chi connectivity index (χ4n) is 2.28. The Morgan fingerprint density at radius 2 is 2.19 bits per heavy atom. The van der Waals surface area contributed by atoms with E-state index < -0.39 is 11.6 Å². The number of esters is 1. The number of carbonyl (C=O) groups excluding carboxylic acids is 2. The van der Waals surface area contributed by atoms with Crippen LogP contribution in [-0.2, 0) is 14.3 Å². The minimum Gasteiger partial charge on any atom is -0.458 e. The lowest BCUT2D eigenvalue weighted by molar-refractivity contribution is -0.162. The van der Waals surface area contributed by atoms with Gasteiger partial charge in [0.2, 0.25) is 5.91 Å². The molecule has 0 saturated carbocycles. The molecule has 4 nitrogen and oxygen atoms in total. The van der Waals surface area contributed by atoms with Gasteiger partial charge in [-0.3, -0.25) is 4.79 Å². The molecule has 1 aliphatic heterocycles. The third kappa shape index (κ3) is 4.43. The summed E-state index contributed by atoms with van der Waals surface area (Å²) < 4.78 is 5.40. The minimum absolute atomic E-state index is 0.128. The molecule has 0 aliphatic carbocycles. The van der Waals surface area contributed by atoms with Crippen LogP contribution in [0.5, 0.6) is 0 Å². The maximum atomic E-state index is 12.3. The molecule has 1 fully saturated rings. The van der Waals surface area contributed by atoms with Crippen molar-refractivity contribution in [3.05, 3.63) is 28.5 Å². The Hall–Kier alpha value is -1.62. The third-order valence-electron chi connectivity index (χ3n) is 3.15. The summed E-state index contributed by atoms with van der Waals surface area (Å²) >= 11 is 1.57. The van der Waals surface area contributed by atoms with Crippen molar-refractivity contribution in [1.29, 1.82) is 0 Å². The zero-order chi connectivity index (χ0) is 15.5. The summed E-state index contributed by atoms with van der Waals surface area (Å²) in [5, 5.41) is 1.96. The normalized spacial score (nSPS) is 19.2. The van der Waals surface area contributed by atoms with Gasteiger partial charge >= 0.3 is 5.97 Å². The topological polar surface area (TPSA) is 46.6 Å². The standard InChI is InChI=1S/C16H21NO3S/c1-16(2,3)20-15(19)13-7-4-10-17(13)14(18)9-8-12-6-5-11-21-12/h5-6,8-9,11,13H,4,7,10H2,1-3H3/b9-8+/t13-/m1/s1. The number of likely N-dealkylation sites (tertiary alicyclic amines) is 1. The van der Waals surface area contributed by atoms with E-state index in [0.717, 1.165) is 11.3 Å². The van der Waals surface area contributed by atoms with Gasteiger partial charge in [-0.05, 0) is 51.1 Å².